The lowest BCUT2D eigenvalue weighted by atomic mass is 9.92. The number of carbonyl (C=O) groups excluding carboxylic acids is 1. The fourth-order valence-corrected chi connectivity index (χ4v) is 3.59. The zero-order chi connectivity index (χ0) is 20.8. The first kappa shape index (κ1) is 20.0. The van der Waals surface area contributed by atoms with Gasteiger partial charge in [-0.25, -0.2) is 4.98 Å². The maximum Gasteiger partial charge on any atom is 0.251 e. The van der Waals surface area contributed by atoms with Crippen LogP contribution in [0.5, 0.6) is 17.4 Å². The van der Waals surface area contributed by atoms with Crippen molar-refractivity contribution in [1.82, 2.24) is 10.3 Å². The normalized spacial score (nSPS) is 18.4. The van der Waals surface area contributed by atoms with Crippen molar-refractivity contribution >= 4 is 5.91 Å². The first-order valence-electron chi connectivity index (χ1n) is 10.4. The lowest BCUT2D eigenvalue weighted by Gasteiger charge is -2.29. The van der Waals surface area contributed by atoms with Crippen molar-refractivity contribution in [3.63, 3.8) is 0 Å². The number of ether oxygens (including phenoxy) is 2. The summed E-state index contributed by atoms with van der Waals surface area (Å²) in [5.74, 6) is 2.10. The van der Waals surface area contributed by atoms with E-state index in [-0.39, 0.29) is 18.1 Å². The number of carbonyl (C=O) groups is 1. The van der Waals surface area contributed by atoms with E-state index in [1.807, 2.05) is 67.7 Å². The highest BCUT2D eigenvalue weighted by atomic mass is 16.5. The van der Waals surface area contributed by atoms with E-state index in [4.69, 9.17) is 9.47 Å². The highest BCUT2D eigenvalue weighted by Gasteiger charge is 2.24. The summed E-state index contributed by atoms with van der Waals surface area (Å²) in [5.41, 5.74) is 1.76. The summed E-state index contributed by atoms with van der Waals surface area (Å²) in [6.45, 7) is 2.01. The van der Waals surface area contributed by atoms with Crippen LogP contribution in [-0.2, 0) is 0 Å². The topological polar surface area (TPSA) is 60.5 Å². The average Bonchev–Trinajstić information content (AvgIpc) is 2.78. The summed E-state index contributed by atoms with van der Waals surface area (Å²) in [4.78, 5) is 16.9. The highest BCUT2D eigenvalue weighted by molar-refractivity contribution is 5.94. The van der Waals surface area contributed by atoms with Gasteiger partial charge in [0.1, 0.15) is 17.6 Å². The molecular weight excluding hydrogens is 376 g/mol. The van der Waals surface area contributed by atoms with E-state index in [0.717, 1.165) is 37.0 Å². The largest absolute Gasteiger partial charge is 0.474 e. The smallest absolute Gasteiger partial charge is 0.251 e. The van der Waals surface area contributed by atoms with Crippen molar-refractivity contribution < 1.29 is 14.3 Å². The summed E-state index contributed by atoms with van der Waals surface area (Å²) in [6, 6.07) is 20.9. The first-order valence-corrected chi connectivity index (χ1v) is 10.4. The van der Waals surface area contributed by atoms with Gasteiger partial charge < -0.3 is 14.8 Å². The van der Waals surface area contributed by atoms with Crippen molar-refractivity contribution in [2.75, 3.05) is 0 Å². The van der Waals surface area contributed by atoms with Crippen LogP contribution in [0, 0.1) is 6.92 Å². The van der Waals surface area contributed by atoms with Crippen molar-refractivity contribution in [2.24, 2.45) is 0 Å². The second-order valence-corrected chi connectivity index (χ2v) is 7.68. The van der Waals surface area contributed by atoms with Crippen LogP contribution in [0.25, 0.3) is 0 Å². The van der Waals surface area contributed by atoms with E-state index >= 15 is 0 Å². The molecule has 0 spiro atoms. The number of hydrogen-bond acceptors (Lipinski definition) is 4. The van der Waals surface area contributed by atoms with Gasteiger partial charge in [0.15, 0.2) is 0 Å². The number of para-hydroxylation sites is 1. The van der Waals surface area contributed by atoms with Crippen LogP contribution in [0.3, 0.4) is 0 Å². The number of aromatic nitrogens is 1. The van der Waals surface area contributed by atoms with E-state index in [1.54, 1.807) is 12.1 Å². The van der Waals surface area contributed by atoms with Gasteiger partial charge in [-0.1, -0.05) is 24.3 Å². The molecule has 154 valence electrons. The Morgan fingerprint density at radius 1 is 0.900 bits per heavy atom. The number of benzene rings is 2. The minimum atomic E-state index is -0.0502. The molecule has 1 aliphatic carbocycles. The molecule has 0 saturated heterocycles. The van der Waals surface area contributed by atoms with Crippen molar-refractivity contribution in [1.29, 1.82) is 0 Å². The molecule has 0 radical (unpaired) electrons. The summed E-state index contributed by atoms with van der Waals surface area (Å²) in [7, 11) is 0. The molecule has 1 fully saturated rings. The molecule has 1 aliphatic rings. The van der Waals surface area contributed by atoms with Crippen LogP contribution in [0.4, 0.5) is 0 Å². The fourth-order valence-electron chi connectivity index (χ4n) is 3.59. The number of rotatable bonds is 6. The van der Waals surface area contributed by atoms with E-state index < -0.39 is 0 Å². The van der Waals surface area contributed by atoms with Gasteiger partial charge in [0.2, 0.25) is 5.88 Å². The Bertz CT molecular complexity index is 948. The molecule has 1 heterocycles. The Labute approximate surface area is 177 Å². The van der Waals surface area contributed by atoms with Crippen LogP contribution in [0.2, 0.25) is 0 Å². The van der Waals surface area contributed by atoms with Crippen LogP contribution in [0.1, 0.15) is 41.6 Å². The molecule has 0 aliphatic heterocycles. The molecule has 1 amide bonds. The SMILES string of the molecule is Cc1ccc(OC2CCC(NC(=O)c3ccc(Oc4ccccc4)cc3)CC2)nc1. The fraction of sp³-hybridized carbons (Fsp3) is 0.280. The molecule has 1 saturated carbocycles. The number of nitrogens with one attached hydrogen (secondary N) is 1. The molecule has 1 N–H and O–H groups in total. The Morgan fingerprint density at radius 2 is 1.60 bits per heavy atom. The van der Waals surface area contributed by atoms with Gasteiger partial charge in [-0.3, -0.25) is 4.79 Å². The number of aryl methyl sites for hydroxylation is 1. The zero-order valence-electron chi connectivity index (χ0n) is 17.1. The van der Waals surface area contributed by atoms with Gasteiger partial charge in [0, 0.05) is 23.9 Å². The van der Waals surface area contributed by atoms with Crippen molar-refractivity contribution in [3.8, 4) is 17.4 Å². The lowest BCUT2D eigenvalue weighted by Crippen LogP contribution is -2.39. The molecule has 0 atom stereocenters. The Morgan fingerprint density at radius 3 is 2.27 bits per heavy atom. The van der Waals surface area contributed by atoms with E-state index in [1.165, 1.54) is 0 Å². The van der Waals surface area contributed by atoms with Gasteiger partial charge in [0.05, 0.1) is 0 Å². The van der Waals surface area contributed by atoms with Gasteiger partial charge in [-0.05, 0) is 74.6 Å². The number of hydrogen-bond donors (Lipinski definition) is 1. The van der Waals surface area contributed by atoms with Crippen LogP contribution in [-0.4, -0.2) is 23.0 Å². The predicted molar refractivity (Wildman–Crippen MR) is 116 cm³/mol. The molecule has 0 unspecified atom stereocenters. The Hall–Kier alpha value is -3.34. The molecule has 1 aromatic heterocycles. The van der Waals surface area contributed by atoms with Gasteiger partial charge in [0.25, 0.3) is 5.91 Å². The van der Waals surface area contributed by atoms with Gasteiger partial charge in [-0.15, -0.1) is 0 Å². The second kappa shape index (κ2) is 9.44. The summed E-state index contributed by atoms with van der Waals surface area (Å²) < 4.78 is 11.8. The lowest BCUT2D eigenvalue weighted by molar-refractivity contribution is 0.0890. The second-order valence-electron chi connectivity index (χ2n) is 7.68. The predicted octanol–water partition coefficient (Wildman–Crippen LogP) is 5.30. The number of amides is 1. The molecule has 5 nitrogen and oxygen atoms in total. The third-order valence-corrected chi connectivity index (χ3v) is 5.28. The van der Waals surface area contributed by atoms with Gasteiger partial charge >= 0.3 is 0 Å². The third kappa shape index (κ3) is 5.38. The third-order valence-electron chi connectivity index (χ3n) is 5.28. The van der Waals surface area contributed by atoms with E-state index in [0.29, 0.717) is 17.2 Å². The quantitative estimate of drug-likeness (QED) is 0.608. The first-order chi connectivity index (χ1) is 14.7. The Balaban J connectivity index is 1.25. The minimum absolute atomic E-state index is 0.0502. The van der Waals surface area contributed by atoms with E-state index in [2.05, 4.69) is 10.3 Å². The Kier molecular flexibility index (Phi) is 6.28. The standard InChI is InChI=1S/C25H26N2O3/c1-18-7-16-24(26-17-18)30-23-14-10-20(11-15-23)27-25(28)19-8-12-22(13-9-19)29-21-5-3-2-4-6-21/h2-9,12-13,16-17,20,23H,10-11,14-15H2,1H3,(H,27,28). The summed E-state index contributed by atoms with van der Waals surface area (Å²) in [5, 5.41) is 3.15. The van der Waals surface area contributed by atoms with Crippen molar-refractivity contribution in [3.05, 3.63) is 84.1 Å². The zero-order valence-corrected chi connectivity index (χ0v) is 17.1. The maximum absolute atomic E-state index is 12.6. The van der Waals surface area contributed by atoms with Crippen molar-refractivity contribution in [2.45, 2.75) is 44.8 Å². The minimum Gasteiger partial charge on any atom is -0.474 e. The van der Waals surface area contributed by atoms with Crippen LogP contribution < -0.4 is 14.8 Å². The maximum atomic E-state index is 12.6. The molecular formula is C25H26N2O3. The molecule has 4 rings (SSSR count). The average molecular weight is 402 g/mol. The molecule has 5 heteroatoms. The summed E-state index contributed by atoms with van der Waals surface area (Å²) in [6.07, 6.45) is 5.59. The highest BCUT2D eigenvalue weighted by Crippen LogP contribution is 2.24. The molecule has 3 aromatic rings. The monoisotopic (exact) mass is 402 g/mol. The van der Waals surface area contributed by atoms with Crippen LogP contribution >= 0.6 is 0 Å². The molecule has 0 bridgehead atoms. The van der Waals surface area contributed by atoms with Crippen LogP contribution in [0.15, 0.2) is 72.9 Å². The van der Waals surface area contributed by atoms with Gasteiger partial charge in [-0.2, -0.15) is 0 Å². The van der Waals surface area contributed by atoms with E-state index in [9.17, 15) is 4.79 Å². The number of nitrogens with zero attached hydrogens (tertiary/aromatic N) is 1. The molecule has 2 aromatic carbocycles. The molecule has 30 heavy (non-hydrogen) atoms. The summed E-state index contributed by atoms with van der Waals surface area (Å²) >= 11 is 0. The number of pyridine rings is 1.